The van der Waals surface area contributed by atoms with Crippen molar-refractivity contribution in [3.8, 4) is 11.5 Å². The van der Waals surface area contributed by atoms with Crippen LogP contribution in [0.2, 0.25) is 5.02 Å². The highest BCUT2D eigenvalue weighted by molar-refractivity contribution is 6.31. The summed E-state index contributed by atoms with van der Waals surface area (Å²) in [6, 6.07) is 12.6. The molecule has 0 saturated carbocycles. The first-order valence-corrected chi connectivity index (χ1v) is 7.64. The third-order valence-electron chi connectivity index (χ3n) is 3.02. The largest absolute Gasteiger partial charge is 0.482 e. The Labute approximate surface area is 147 Å². The number of alkyl halides is 3. The van der Waals surface area contributed by atoms with E-state index >= 15 is 0 Å². The number of nitrogens with one attached hydrogen (secondary N) is 1. The van der Waals surface area contributed by atoms with Gasteiger partial charge in [0.25, 0.3) is 5.91 Å². The highest BCUT2D eigenvalue weighted by atomic mass is 35.5. The molecule has 0 aliphatic carbocycles. The van der Waals surface area contributed by atoms with E-state index in [1.165, 1.54) is 25.1 Å². The van der Waals surface area contributed by atoms with Crippen LogP contribution in [0.5, 0.6) is 11.5 Å². The minimum absolute atomic E-state index is 0.0326. The van der Waals surface area contributed by atoms with Crippen LogP contribution in [-0.2, 0) is 4.79 Å². The number of ether oxygens (including phenoxy) is 2. The maximum atomic E-state index is 12.3. The molecule has 0 spiro atoms. The number of hydrogen-bond donors (Lipinski definition) is 1. The van der Waals surface area contributed by atoms with Crippen molar-refractivity contribution in [2.45, 2.75) is 19.2 Å². The quantitative estimate of drug-likeness (QED) is 0.799. The third-order valence-corrected chi connectivity index (χ3v) is 3.25. The lowest BCUT2D eigenvalue weighted by atomic mass is 10.2. The van der Waals surface area contributed by atoms with E-state index in [2.05, 4.69) is 5.32 Å². The van der Waals surface area contributed by atoms with Crippen LogP contribution in [0.4, 0.5) is 18.9 Å². The average molecular weight is 374 g/mol. The molecule has 4 nitrogen and oxygen atoms in total. The number of hydrogen-bond acceptors (Lipinski definition) is 3. The molecule has 1 N–H and O–H groups in total. The van der Waals surface area contributed by atoms with E-state index in [0.29, 0.717) is 5.75 Å². The van der Waals surface area contributed by atoms with Crippen LogP contribution in [0.3, 0.4) is 0 Å². The average Bonchev–Trinajstić information content (AvgIpc) is 2.54. The van der Waals surface area contributed by atoms with Crippen molar-refractivity contribution in [3.63, 3.8) is 0 Å². The molecule has 0 saturated heterocycles. The summed E-state index contributed by atoms with van der Waals surface area (Å²) in [4.78, 5) is 12.2. The van der Waals surface area contributed by atoms with Gasteiger partial charge in [-0.3, -0.25) is 4.79 Å². The lowest BCUT2D eigenvalue weighted by molar-refractivity contribution is -0.153. The van der Waals surface area contributed by atoms with Gasteiger partial charge in [0.1, 0.15) is 11.5 Å². The predicted molar refractivity (Wildman–Crippen MR) is 88.2 cm³/mol. The number of rotatable bonds is 6. The van der Waals surface area contributed by atoms with Crippen molar-refractivity contribution >= 4 is 23.2 Å². The first kappa shape index (κ1) is 18.9. The lowest BCUT2D eigenvalue weighted by Crippen LogP contribution is -2.30. The second-order valence-electron chi connectivity index (χ2n) is 5.11. The zero-order chi connectivity index (χ0) is 18.4. The number of anilines is 1. The van der Waals surface area contributed by atoms with Crippen LogP contribution in [0.15, 0.2) is 48.5 Å². The van der Waals surface area contributed by atoms with Crippen LogP contribution in [0.1, 0.15) is 6.92 Å². The molecule has 1 unspecified atom stereocenters. The van der Waals surface area contributed by atoms with Crippen molar-refractivity contribution < 1.29 is 27.4 Å². The van der Waals surface area contributed by atoms with Crippen LogP contribution < -0.4 is 14.8 Å². The van der Waals surface area contributed by atoms with Crippen molar-refractivity contribution in [2.24, 2.45) is 0 Å². The second-order valence-corrected chi connectivity index (χ2v) is 5.54. The molecular weight excluding hydrogens is 359 g/mol. The van der Waals surface area contributed by atoms with Gasteiger partial charge in [-0.05, 0) is 37.3 Å². The second kappa shape index (κ2) is 8.11. The van der Waals surface area contributed by atoms with E-state index in [1.807, 2.05) is 0 Å². The Balaban J connectivity index is 2.07. The highest BCUT2D eigenvalue weighted by Gasteiger charge is 2.29. The van der Waals surface area contributed by atoms with Crippen molar-refractivity contribution in [2.75, 3.05) is 11.9 Å². The van der Waals surface area contributed by atoms with E-state index < -0.39 is 24.8 Å². The molecule has 8 heteroatoms. The number of benzene rings is 2. The fourth-order valence-corrected chi connectivity index (χ4v) is 2.05. The SMILES string of the molecule is CC(Oc1ccccc1)C(=O)Nc1cc(Cl)ccc1OCC(F)(F)F. The van der Waals surface area contributed by atoms with Gasteiger partial charge in [0.05, 0.1) is 5.69 Å². The summed E-state index contributed by atoms with van der Waals surface area (Å²) in [6.07, 6.45) is -5.37. The predicted octanol–water partition coefficient (Wildman–Crippen LogP) is 4.69. The summed E-state index contributed by atoms with van der Waals surface area (Å²) in [5.41, 5.74) is 0.0326. The van der Waals surface area contributed by atoms with E-state index in [1.54, 1.807) is 30.3 Å². The van der Waals surface area contributed by atoms with Gasteiger partial charge in [-0.15, -0.1) is 0 Å². The molecule has 0 heterocycles. The standard InChI is InChI=1S/C17H15ClF3NO3/c1-11(25-13-5-3-2-4-6-13)16(23)22-14-9-12(18)7-8-15(14)24-10-17(19,20)21/h2-9,11H,10H2,1H3,(H,22,23). The zero-order valence-electron chi connectivity index (χ0n) is 13.1. The number of amides is 1. The van der Waals surface area contributed by atoms with E-state index in [-0.39, 0.29) is 16.5 Å². The Morgan fingerprint density at radius 3 is 2.52 bits per heavy atom. The number of para-hydroxylation sites is 1. The van der Waals surface area contributed by atoms with Gasteiger partial charge < -0.3 is 14.8 Å². The van der Waals surface area contributed by atoms with Crippen LogP contribution in [0.25, 0.3) is 0 Å². The summed E-state index contributed by atoms with van der Waals surface area (Å²) in [5.74, 6) is -0.199. The molecule has 0 aliphatic heterocycles. The molecule has 1 atom stereocenters. The summed E-state index contributed by atoms with van der Waals surface area (Å²) in [5, 5.41) is 2.71. The highest BCUT2D eigenvalue weighted by Crippen LogP contribution is 2.30. The Hall–Kier alpha value is -2.41. The molecule has 0 radical (unpaired) electrons. The van der Waals surface area contributed by atoms with Gasteiger partial charge >= 0.3 is 6.18 Å². The number of carbonyl (C=O) groups is 1. The molecule has 134 valence electrons. The van der Waals surface area contributed by atoms with Gasteiger partial charge in [0, 0.05) is 5.02 Å². The maximum Gasteiger partial charge on any atom is 0.422 e. The van der Waals surface area contributed by atoms with Gasteiger partial charge in [-0.1, -0.05) is 29.8 Å². The van der Waals surface area contributed by atoms with Gasteiger partial charge in [0.2, 0.25) is 0 Å². The topological polar surface area (TPSA) is 47.6 Å². The molecule has 0 aromatic heterocycles. The van der Waals surface area contributed by atoms with E-state index in [9.17, 15) is 18.0 Å². The van der Waals surface area contributed by atoms with Crippen LogP contribution in [-0.4, -0.2) is 24.8 Å². The Morgan fingerprint density at radius 1 is 1.20 bits per heavy atom. The molecule has 0 fully saturated rings. The fraction of sp³-hybridized carbons (Fsp3) is 0.235. The van der Waals surface area contributed by atoms with E-state index in [4.69, 9.17) is 21.1 Å². The van der Waals surface area contributed by atoms with Gasteiger partial charge in [0.15, 0.2) is 12.7 Å². The van der Waals surface area contributed by atoms with Crippen LogP contribution in [0, 0.1) is 0 Å². The molecular formula is C17H15ClF3NO3. The van der Waals surface area contributed by atoms with Gasteiger partial charge in [-0.2, -0.15) is 13.2 Å². The molecule has 0 bridgehead atoms. The van der Waals surface area contributed by atoms with Crippen molar-refractivity contribution in [3.05, 3.63) is 53.6 Å². The Morgan fingerprint density at radius 2 is 1.88 bits per heavy atom. The van der Waals surface area contributed by atoms with Crippen LogP contribution >= 0.6 is 11.6 Å². The first-order chi connectivity index (χ1) is 11.7. The van der Waals surface area contributed by atoms with Crippen molar-refractivity contribution in [1.29, 1.82) is 0 Å². The lowest BCUT2D eigenvalue weighted by Gasteiger charge is -2.17. The normalized spacial score (nSPS) is 12.4. The van der Waals surface area contributed by atoms with E-state index in [0.717, 1.165) is 0 Å². The maximum absolute atomic E-state index is 12.3. The number of carbonyl (C=O) groups excluding carboxylic acids is 1. The minimum atomic E-state index is -4.50. The molecule has 25 heavy (non-hydrogen) atoms. The third kappa shape index (κ3) is 6.19. The molecule has 2 aromatic rings. The van der Waals surface area contributed by atoms with Crippen molar-refractivity contribution in [1.82, 2.24) is 0 Å². The summed E-state index contributed by atoms with van der Waals surface area (Å²) < 4.78 is 47.2. The summed E-state index contributed by atoms with van der Waals surface area (Å²) >= 11 is 5.84. The number of halogens is 4. The molecule has 2 rings (SSSR count). The first-order valence-electron chi connectivity index (χ1n) is 7.26. The Kier molecular flexibility index (Phi) is 6.14. The molecule has 0 aliphatic rings. The Bertz CT molecular complexity index is 723. The van der Waals surface area contributed by atoms with Gasteiger partial charge in [-0.25, -0.2) is 0 Å². The fourth-order valence-electron chi connectivity index (χ4n) is 1.88. The minimum Gasteiger partial charge on any atom is -0.482 e. The zero-order valence-corrected chi connectivity index (χ0v) is 13.9. The summed E-state index contributed by atoms with van der Waals surface area (Å²) in [6.45, 7) is 0.0384. The smallest absolute Gasteiger partial charge is 0.422 e. The monoisotopic (exact) mass is 373 g/mol. The summed E-state index contributed by atoms with van der Waals surface area (Å²) in [7, 11) is 0. The molecule has 2 aromatic carbocycles. The molecule has 1 amide bonds.